The van der Waals surface area contributed by atoms with Crippen molar-refractivity contribution in [3.05, 3.63) is 0 Å². The van der Waals surface area contributed by atoms with Crippen molar-refractivity contribution >= 4 is 19.7 Å². The van der Waals surface area contributed by atoms with E-state index in [0.29, 0.717) is 29.3 Å². The molecule has 0 saturated heterocycles. The topological polar surface area (TPSA) is 52.4 Å². The minimum Gasteiger partial charge on any atom is -0.414 e. The van der Waals surface area contributed by atoms with Crippen LogP contribution in [0.3, 0.4) is 0 Å². The molecule has 4 fully saturated rings. The second-order valence-corrected chi connectivity index (χ2v) is 17.1. The average Bonchev–Trinajstić information content (AvgIpc) is 3.04. The highest BCUT2D eigenvalue weighted by atomic mass is 28.4. The first kappa shape index (κ1) is 24.2. The van der Waals surface area contributed by atoms with Crippen molar-refractivity contribution in [3.8, 4) is 0 Å². The summed E-state index contributed by atoms with van der Waals surface area (Å²) in [5.74, 6) is 3.41. The maximum absolute atomic E-state index is 7.11. The van der Waals surface area contributed by atoms with Gasteiger partial charge in [-0.3, -0.25) is 0 Å². The van der Waals surface area contributed by atoms with Gasteiger partial charge >= 0.3 is 0 Å². The highest BCUT2D eigenvalue weighted by Crippen LogP contribution is 2.68. The molecule has 5 nitrogen and oxygen atoms in total. The number of oxime groups is 2. The van der Waals surface area contributed by atoms with E-state index < -0.39 is 8.32 Å². The van der Waals surface area contributed by atoms with E-state index in [1.165, 1.54) is 49.9 Å². The molecule has 0 N–H and O–H groups in total. The zero-order valence-corrected chi connectivity index (χ0v) is 22.7. The summed E-state index contributed by atoms with van der Waals surface area (Å²) in [5.41, 5.74) is 3.05. The Kier molecular flexibility index (Phi) is 6.61. The first-order valence-electron chi connectivity index (χ1n) is 12.9. The average molecular weight is 463 g/mol. The van der Waals surface area contributed by atoms with Crippen LogP contribution in [0.1, 0.15) is 72.1 Å². The van der Waals surface area contributed by atoms with Gasteiger partial charge < -0.3 is 14.1 Å². The fourth-order valence-electron chi connectivity index (χ4n) is 8.82. The second kappa shape index (κ2) is 8.72. The molecule has 4 rings (SSSR count). The third-order valence-corrected chi connectivity index (χ3v) is 10.9. The van der Waals surface area contributed by atoms with Crippen molar-refractivity contribution in [2.75, 3.05) is 14.2 Å². The van der Waals surface area contributed by atoms with E-state index in [1.807, 2.05) is 0 Å². The Bertz CT molecular complexity index is 763. The predicted octanol–water partition coefficient (Wildman–Crippen LogP) is 6.50. The molecule has 8 unspecified atom stereocenters. The molecule has 0 aromatic rings. The third kappa shape index (κ3) is 4.08. The monoisotopic (exact) mass is 462 g/mol. The number of fused-ring (bicyclic) bond motifs is 5. The molecule has 0 aromatic heterocycles. The predicted molar refractivity (Wildman–Crippen MR) is 133 cm³/mol. The molecule has 4 aliphatic carbocycles. The van der Waals surface area contributed by atoms with E-state index >= 15 is 0 Å². The van der Waals surface area contributed by atoms with Crippen molar-refractivity contribution in [1.82, 2.24) is 0 Å². The van der Waals surface area contributed by atoms with E-state index in [9.17, 15) is 0 Å². The van der Waals surface area contributed by atoms with Gasteiger partial charge in [0.05, 0.1) is 11.4 Å². The second-order valence-electron chi connectivity index (χ2n) is 12.6. The lowest BCUT2D eigenvalue weighted by Gasteiger charge is -2.63. The molecular formula is C26H46N2O3Si. The summed E-state index contributed by atoms with van der Waals surface area (Å²) < 4.78 is 7.11. The van der Waals surface area contributed by atoms with Crippen LogP contribution in [0.15, 0.2) is 10.3 Å². The van der Waals surface area contributed by atoms with Gasteiger partial charge in [0, 0.05) is 12.0 Å². The lowest BCUT2D eigenvalue weighted by atomic mass is 9.44. The van der Waals surface area contributed by atoms with Crippen molar-refractivity contribution in [2.24, 2.45) is 50.7 Å². The summed E-state index contributed by atoms with van der Waals surface area (Å²) in [5, 5.41) is 8.78. The van der Waals surface area contributed by atoms with Gasteiger partial charge in [-0.2, -0.15) is 0 Å². The normalized spacial score (nSPS) is 45.8. The highest BCUT2D eigenvalue weighted by Gasteiger charge is 2.64. The summed E-state index contributed by atoms with van der Waals surface area (Å²) in [6, 6.07) is 0. The van der Waals surface area contributed by atoms with E-state index in [4.69, 9.17) is 14.1 Å². The van der Waals surface area contributed by atoms with Crippen molar-refractivity contribution in [3.63, 3.8) is 0 Å². The molecular weight excluding hydrogens is 416 g/mol. The van der Waals surface area contributed by atoms with Gasteiger partial charge in [0.25, 0.3) is 0 Å². The molecule has 0 aromatic carbocycles. The molecule has 6 heteroatoms. The van der Waals surface area contributed by atoms with Crippen LogP contribution in [0.4, 0.5) is 0 Å². The molecule has 0 aliphatic heterocycles. The van der Waals surface area contributed by atoms with Crippen molar-refractivity contribution in [1.29, 1.82) is 0 Å². The summed E-state index contributed by atoms with van der Waals surface area (Å²) >= 11 is 0. The van der Waals surface area contributed by atoms with Crippen LogP contribution in [0, 0.1) is 40.4 Å². The van der Waals surface area contributed by atoms with Crippen molar-refractivity contribution in [2.45, 2.75) is 97.9 Å². The Morgan fingerprint density at radius 2 is 1.75 bits per heavy atom. The van der Waals surface area contributed by atoms with Gasteiger partial charge in [0.15, 0.2) is 8.32 Å². The minimum absolute atomic E-state index is 0.262. The van der Waals surface area contributed by atoms with Crippen LogP contribution in [0.25, 0.3) is 0 Å². The van der Waals surface area contributed by atoms with Crippen LogP contribution >= 0.6 is 0 Å². The lowest BCUT2D eigenvalue weighted by Crippen LogP contribution is -2.61. The van der Waals surface area contributed by atoms with Gasteiger partial charge in [-0.1, -0.05) is 24.2 Å². The van der Waals surface area contributed by atoms with Gasteiger partial charge in [0.1, 0.15) is 14.2 Å². The maximum atomic E-state index is 7.11. The van der Waals surface area contributed by atoms with Gasteiger partial charge in [-0.05, 0) is 112 Å². The number of rotatable bonds is 5. The van der Waals surface area contributed by atoms with E-state index in [0.717, 1.165) is 24.7 Å². The summed E-state index contributed by atoms with van der Waals surface area (Å²) in [7, 11) is 1.69. The number of hydrogen-bond acceptors (Lipinski definition) is 5. The van der Waals surface area contributed by atoms with Crippen LogP contribution in [0.5, 0.6) is 0 Å². The first-order chi connectivity index (χ1) is 15.0. The SMILES string of the molecule is CO/N=C1\CCC2(C)C(CCC3C4CCC(/C(C)=N/OC)C4(C)CC(O[Si](C)(C)C)C32)C1. The molecule has 8 atom stereocenters. The largest absolute Gasteiger partial charge is 0.414 e. The fourth-order valence-corrected chi connectivity index (χ4v) is 9.96. The van der Waals surface area contributed by atoms with E-state index in [1.54, 1.807) is 14.2 Å². The minimum atomic E-state index is -1.68. The van der Waals surface area contributed by atoms with Crippen LogP contribution in [-0.4, -0.2) is 40.1 Å². The number of nitrogens with zero attached hydrogens (tertiary/aromatic N) is 2. The van der Waals surface area contributed by atoms with Gasteiger partial charge in [0.2, 0.25) is 0 Å². The molecule has 32 heavy (non-hydrogen) atoms. The Morgan fingerprint density at radius 3 is 2.41 bits per heavy atom. The molecule has 0 heterocycles. The summed E-state index contributed by atoms with van der Waals surface area (Å²) in [6.45, 7) is 14.4. The molecule has 0 spiro atoms. The Balaban J connectivity index is 1.70. The maximum Gasteiger partial charge on any atom is 0.184 e. The molecule has 0 bridgehead atoms. The zero-order valence-electron chi connectivity index (χ0n) is 21.7. The first-order valence-corrected chi connectivity index (χ1v) is 16.3. The van der Waals surface area contributed by atoms with E-state index in [2.05, 4.69) is 50.7 Å². The standard InChI is InChI=1S/C26H46N2O3Si/c1-17(27-29-4)21-11-12-22-20-10-9-18-15-19(28-30-5)13-14-25(18,2)24(20)23(16-26(21,22)3)31-32(6,7)8/h18,20-24H,9-16H2,1-8H3/b27-17+,28-19+. The molecule has 4 aliphatic rings. The Morgan fingerprint density at radius 1 is 1.00 bits per heavy atom. The smallest absolute Gasteiger partial charge is 0.184 e. The third-order valence-electron chi connectivity index (χ3n) is 9.87. The van der Waals surface area contributed by atoms with Crippen LogP contribution in [-0.2, 0) is 14.1 Å². The molecule has 0 radical (unpaired) electrons. The van der Waals surface area contributed by atoms with Crippen LogP contribution in [0.2, 0.25) is 19.6 Å². The van der Waals surface area contributed by atoms with Gasteiger partial charge in [-0.15, -0.1) is 0 Å². The molecule has 182 valence electrons. The highest BCUT2D eigenvalue weighted by molar-refractivity contribution is 6.69. The summed E-state index contributed by atoms with van der Waals surface area (Å²) in [4.78, 5) is 10.4. The lowest BCUT2D eigenvalue weighted by molar-refractivity contribution is -0.153. The zero-order chi connectivity index (χ0) is 23.3. The Hall–Kier alpha value is -0.883. The molecule has 4 saturated carbocycles. The van der Waals surface area contributed by atoms with E-state index in [-0.39, 0.29) is 5.41 Å². The fraction of sp³-hybridized carbons (Fsp3) is 0.923. The van der Waals surface area contributed by atoms with Crippen molar-refractivity contribution < 1.29 is 14.1 Å². The molecule has 0 amide bonds. The quantitative estimate of drug-likeness (QED) is 0.266. The summed E-state index contributed by atoms with van der Waals surface area (Å²) in [6.07, 6.45) is 10.2. The van der Waals surface area contributed by atoms with Gasteiger partial charge in [-0.25, -0.2) is 0 Å². The van der Waals surface area contributed by atoms with Crippen LogP contribution < -0.4 is 0 Å². The Labute approximate surface area is 196 Å². The number of hydrogen-bond donors (Lipinski definition) is 0.